The van der Waals surface area contributed by atoms with Gasteiger partial charge in [0.1, 0.15) is 0 Å². The van der Waals surface area contributed by atoms with E-state index in [1.807, 2.05) is 19.9 Å². The smallest absolute Gasteiger partial charge is 0.0348 e. The monoisotopic (exact) mass is 156 g/mol. The van der Waals surface area contributed by atoms with Crippen LogP contribution in [0.1, 0.15) is 53.9 Å². The van der Waals surface area contributed by atoms with Crippen LogP contribution in [-0.2, 0) is 0 Å². The van der Waals surface area contributed by atoms with Gasteiger partial charge in [0.2, 0.25) is 0 Å². The number of hydrogen-bond acceptors (Lipinski definition) is 0. The Morgan fingerprint density at radius 1 is 1.27 bits per heavy atom. The summed E-state index contributed by atoms with van der Waals surface area (Å²) in [6.45, 7) is 14.5. The molecule has 0 saturated carbocycles. The lowest BCUT2D eigenvalue weighted by Crippen LogP contribution is -2.07. The summed E-state index contributed by atoms with van der Waals surface area (Å²) in [5, 5.41) is 0. The molecule has 0 aliphatic heterocycles. The van der Waals surface area contributed by atoms with Crippen molar-refractivity contribution >= 4 is 0 Å². The Bertz CT molecular complexity index is 80.0. The minimum Gasteiger partial charge on any atom is -0.103 e. The largest absolute Gasteiger partial charge is 0.103 e. The molecule has 0 amide bonds. The molecule has 0 rings (SSSR count). The molecule has 0 unspecified atom stereocenters. The molecule has 0 atom stereocenters. The highest BCUT2D eigenvalue weighted by atomic mass is 14.2. The normalized spacial score (nSPS) is 9.91. The van der Waals surface area contributed by atoms with Crippen molar-refractivity contribution in [1.29, 1.82) is 0 Å². The quantitative estimate of drug-likeness (QED) is 0.529. The van der Waals surface area contributed by atoms with Crippen LogP contribution in [0.3, 0.4) is 0 Å². The first-order chi connectivity index (χ1) is 5.12. The summed E-state index contributed by atoms with van der Waals surface area (Å²) in [6.07, 6.45) is 5.69. The highest BCUT2D eigenvalue weighted by Gasteiger charge is 2.12. The van der Waals surface area contributed by atoms with Gasteiger partial charge in [-0.3, -0.25) is 0 Å². The van der Waals surface area contributed by atoms with E-state index < -0.39 is 0 Å². The van der Waals surface area contributed by atoms with E-state index in [1.165, 1.54) is 12.8 Å². The zero-order valence-electron chi connectivity index (χ0n) is 8.91. The standard InChI is InChI=1S/C9H18.C2H6/c1-5-7-8-9(3,4)6-2;1-2/h5H,1,6-8H2,2-4H3;1-2H3. The minimum absolute atomic E-state index is 0.522. The van der Waals surface area contributed by atoms with Crippen molar-refractivity contribution in [1.82, 2.24) is 0 Å². The molecule has 0 radical (unpaired) electrons. The number of allylic oxidation sites excluding steroid dienone is 1. The van der Waals surface area contributed by atoms with Gasteiger partial charge in [0, 0.05) is 0 Å². The summed E-state index contributed by atoms with van der Waals surface area (Å²) in [4.78, 5) is 0. The second-order valence-corrected chi connectivity index (χ2v) is 3.35. The number of rotatable bonds is 4. The first kappa shape index (κ1) is 13.3. The summed E-state index contributed by atoms with van der Waals surface area (Å²) in [6, 6.07) is 0. The van der Waals surface area contributed by atoms with E-state index in [9.17, 15) is 0 Å². The van der Waals surface area contributed by atoms with Gasteiger partial charge in [-0.25, -0.2) is 0 Å². The molecule has 11 heavy (non-hydrogen) atoms. The molecule has 0 aromatic carbocycles. The second kappa shape index (κ2) is 7.84. The van der Waals surface area contributed by atoms with Crippen molar-refractivity contribution in [2.45, 2.75) is 53.9 Å². The topological polar surface area (TPSA) is 0 Å². The molecule has 0 aromatic heterocycles. The van der Waals surface area contributed by atoms with Crippen LogP contribution in [0.5, 0.6) is 0 Å². The maximum Gasteiger partial charge on any atom is -0.0348 e. The van der Waals surface area contributed by atoms with Crippen LogP contribution in [0.15, 0.2) is 12.7 Å². The van der Waals surface area contributed by atoms with E-state index in [1.54, 1.807) is 0 Å². The van der Waals surface area contributed by atoms with E-state index in [4.69, 9.17) is 0 Å². The Balaban J connectivity index is 0. The molecule has 0 aliphatic carbocycles. The molecule has 0 saturated heterocycles. The summed E-state index contributed by atoms with van der Waals surface area (Å²) in [5.41, 5.74) is 0.522. The maximum atomic E-state index is 3.70. The molecular weight excluding hydrogens is 132 g/mol. The molecule has 0 aliphatic rings. The van der Waals surface area contributed by atoms with E-state index in [2.05, 4.69) is 27.4 Å². The zero-order valence-corrected chi connectivity index (χ0v) is 8.91. The molecule has 0 fully saturated rings. The molecule has 0 spiro atoms. The fraction of sp³-hybridized carbons (Fsp3) is 0.818. The lowest BCUT2D eigenvalue weighted by atomic mass is 9.85. The van der Waals surface area contributed by atoms with Gasteiger partial charge in [0.25, 0.3) is 0 Å². The van der Waals surface area contributed by atoms with Crippen molar-refractivity contribution in [2.75, 3.05) is 0 Å². The van der Waals surface area contributed by atoms with Crippen LogP contribution < -0.4 is 0 Å². The van der Waals surface area contributed by atoms with Crippen LogP contribution >= 0.6 is 0 Å². The van der Waals surface area contributed by atoms with Crippen LogP contribution in [0.4, 0.5) is 0 Å². The Hall–Kier alpha value is -0.260. The summed E-state index contributed by atoms with van der Waals surface area (Å²) < 4.78 is 0. The molecule has 0 heteroatoms. The Morgan fingerprint density at radius 2 is 1.73 bits per heavy atom. The molecule has 0 bridgehead atoms. The van der Waals surface area contributed by atoms with Gasteiger partial charge >= 0.3 is 0 Å². The Labute approximate surface area is 72.7 Å². The van der Waals surface area contributed by atoms with Gasteiger partial charge in [-0.1, -0.05) is 47.1 Å². The highest BCUT2D eigenvalue weighted by molar-refractivity contribution is 4.73. The fourth-order valence-corrected chi connectivity index (χ4v) is 0.670. The van der Waals surface area contributed by atoms with E-state index >= 15 is 0 Å². The van der Waals surface area contributed by atoms with Gasteiger partial charge in [-0.15, -0.1) is 6.58 Å². The van der Waals surface area contributed by atoms with Crippen molar-refractivity contribution in [3.63, 3.8) is 0 Å². The van der Waals surface area contributed by atoms with Crippen LogP contribution in [0, 0.1) is 5.41 Å². The molecule has 0 heterocycles. The third-order valence-electron chi connectivity index (χ3n) is 1.98. The summed E-state index contributed by atoms with van der Waals surface area (Å²) >= 11 is 0. The van der Waals surface area contributed by atoms with Crippen molar-refractivity contribution < 1.29 is 0 Å². The van der Waals surface area contributed by atoms with Gasteiger partial charge in [0.05, 0.1) is 0 Å². The molecule has 0 nitrogen and oxygen atoms in total. The van der Waals surface area contributed by atoms with Gasteiger partial charge in [0.15, 0.2) is 0 Å². The molecule has 0 N–H and O–H groups in total. The predicted octanol–water partition coefficient (Wildman–Crippen LogP) is 4.42. The van der Waals surface area contributed by atoms with E-state index in [0.29, 0.717) is 5.41 Å². The van der Waals surface area contributed by atoms with Gasteiger partial charge < -0.3 is 0 Å². The van der Waals surface area contributed by atoms with E-state index in [-0.39, 0.29) is 0 Å². The lowest BCUT2D eigenvalue weighted by Gasteiger charge is -2.20. The zero-order chi connectivity index (χ0) is 9.33. The third-order valence-corrected chi connectivity index (χ3v) is 1.98. The highest BCUT2D eigenvalue weighted by Crippen LogP contribution is 2.25. The first-order valence-electron chi connectivity index (χ1n) is 4.73. The summed E-state index contributed by atoms with van der Waals surface area (Å²) in [7, 11) is 0. The number of hydrogen-bond donors (Lipinski definition) is 0. The fourth-order valence-electron chi connectivity index (χ4n) is 0.670. The van der Waals surface area contributed by atoms with Crippen LogP contribution in [-0.4, -0.2) is 0 Å². The SMILES string of the molecule is C=CCCC(C)(C)CC.CC. The van der Waals surface area contributed by atoms with Crippen LogP contribution in [0.25, 0.3) is 0 Å². The van der Waals surface area contributed by atoms with Gasteiger partial charge in [-0.05, 0) is 18.3 Å². The summed E-state index contributed by atoms with van der Waals surface area (Å²) in [5.74, 6) is 0. The average Bonchev–Trinajstić information content (AvgIpc) is 2.05. The van der Waals surface area contributed by atoms with Gasteiger partial charge in [-0.2, -0.15) is 0 Å². The predicted molar refractivity (Wildman–Crippen MR) is 54.9 cm³/mol. The maximum absolute atomic E-state index is 3.70. The minimum atomic E-state index is 0.522. The van der Waals surface area contributed by atoms with Crippen molar-refractivity contribution in [3.8, 4) is 0 Å². The van der Waals surface area contributed by atoms with E-state index in [0.717, 1.165) is 6.42 Å². The van der Waals surface area contributed by atoms with Crippen molar-refractivity contribution in [2.24, 2.45) is 5.41 Å². The molecule has 0 aromatic rings. The van der Waals surface area contributed by atoms with Crippen molar-refractivity contribution in [3.05, 3.63) is 12.7 Å². The second-order valence-electron chi connectivity index (χ2n) is 3.35. The average molecular weight is 156 g/mol. The molecular formula is C11H24. The molecule has 68 valence electrons. The van der Waals surface area contributed by atoms with Crippen LogP contribution in [0.2, 0.25) is 0 Å². The Morgan fingerprint density at radius 3 is 2.00 bits per heavy atom. The Kier molecular flexibility index (Phi) is 9.51. The lowest BCUT2D eigenvalue weighted by molar-refractivity contribution is 0.325. The third kappa shape index (κ3) is 9.74. The first-order valence-corrected chi connectivity index (χ1v) is 4.73.